The summed E-state index contributed by atoms with van der Waals surface area (Å²) in [6, 6.07) is 1.79. The van der Waals surface area contributed by atoms with Crippen LogP contribution < -0.4 is 0 Å². The fourth-order valence-corrected chi connectivity index (χ4v) is 5.49. The van der Waals surface area contributed by atoms with E-state index in [2.05, 4.69) is 15.0 Å². The molecule has 0 saturated carbocycles. The zero-order valence-corrected chi connectivity index (χ0v) is 16.4. The molecule has 0 N–H and O–H groups in total. The van der Waals surface area contributed by atoms with Crippen LogP contribution in [-0.2, 0) is 21.2 Å². The number of rotatable bonds is 6. The second-order valence-electron chi connectivity index (χ2n) is 7.22. The number of aromatic nitrogens is 1. The van der Waals surface area contributed by atoms with Gasteiger partial charge in [0.05, 0.1) is 30.3 Å². The highest BCUT2D eigenvalue weighted by molar-refractivity contribution is 7.91. The summed E-state index contributed by atoms with van der Waals surface area (Å²) < 4.78 is 28.7. The van der Waals surface area contributed by atoms with Crippen LogP contribution in [0.3, 0.4) is 0 Å². The lowest BCUT2D eigenvalue weighted by Gasteiger charge is -2.35. The number of hydrogen-bond donors (Lipinski definition) is 0. The summed E-state index contributed by atoms with van der Waals surface area (Å²) in [6.07, 6.45) is 0.562. The Morgan fingerprint density at radius 3 is 2.54 bits per heavy atom. The molecule has 0 radical (unpaired) electrons. The molecular weight excluding hydrogens is 356 g/mol. The summed E-state index contributed by atoms with van der Waals surface area (Å²) in [6.45, 7) is 8.87. The monoisotopic (exact) mass is 384 g/mol. The summed E-state index contributed by atoms with van der Waals surface area (Å²) >= 11 is 0. The van der Waals surface area contributed by atoms with Gasteiger partial charge in [-0.25, -0.2) is 8.42 Å². The van der Waals surface area contributed by atoms with E-state index in [9.17, 15) is 13.2 Å². The van der Waals surface area contributed by atoms with Gasteiger partial charge in [-0.3, -0.25) is 14.6 Å². The van der Waals surface area contributed by atoms with Crippen molar-refractivity contribution in [1.29, 1.82) is 0 Å². The number of amides is 1. The van der Waals surface area contributed by atoms with E-state index < -0.39 is 9.84 Å². The van der Waals surface area contributed by atoms with Crippen LogP contribution in [0.1, 0.15) is 24.8 Å². The van der Waals surface area contributed by atoms with Gasteiger partial charge in [0.15, 0.2) is 15.6 Å². The Morgan fingerprint density at radius 2 is 2.00 bits per heavy atom. The highest BCUT2D eigenvalue weighted by Gasteiger charge is 2.34. The van der Waals surface area contributed by atoms with Gasteiger partial charge in [-0.15, -0.1) is 0 Å². The molecule has 2 aliphatic rings. The van der Waals surface area contributed by atoms with E-state index in [0.29, 0.717) is 19.5 Å². The molecule has 3 heterocycles. The number of sulfone groups is 1. The molecule has 0 spiro atoms. The molecule has 0 aromatic carbocycles. The molecule has 2 aliphatic heterocycles. The predicted octanol–water partition coefficient (Wildman–Crippen LogP) is 0.136. The molecule has 1 aromatic heterocycles. The lowest BCUT2D eigenvalue weighted by atomic mass is 10.2. The summed E-state index contributed by atoms with van der Waals surface area (Å²) in [5, 5.41) is 3.91. The van der Waals surface area contributed by atoms with Crippen LogP contribution in [0, 0.1) is 6.92 Å². The van der Waals surface area contributed by atoms with Gasteiger partial charge in [-0.05, 0) is 20.3 Å². The molecule has 1 atom stereocenters. The van der Waals surface area contributed by atoms with E-state index in [-0.39, 0.29) is 23.5 Å². The van der Waals surface area contributed by atoms with E-state index in [1.807, 2.05) is 19.9 Å². The van der Waals surface area contributed by atoms with Gasteiger partial charge < -0.3 is 9.42 Å². The van der Waals surface area contributed by atoms with Crippen LogP contribution in [0.2, 0.25) is 0 Å². The number of hydrogen-bond acceptors (Lipinski definition) is 7. The summed E-state index contributed by atoms with van der Waals surface area (Å²) in [4.78, 5) is 18.9. The molecule has 0 bridgehead atoms. The van der Waals surface area contributed by atoms with Gasteiger partial charge in [-0.2, -0.15) is 0 Å². The lowest BCUT2D eigenvalue weighted by molar-refractivity contribution is -0.134. The maximum atomic E-state index is 12.7. The van der Waals surface area contributed by atoms with Crippen LogP contribution >= 0.6 is 0 Å². The molecule has 2 fully saturated rings. The van der Waals surface area contributed by atoms with E-state index in [4.69, 9.17) is 4.52 Å². The molecule has 3 rings (SSSR count). The van der Waals surface area contributed by atoms with E-state index in [1.54, 1.807) is 4.90 Å². The SMILES string of the molecule is CCN(C(=O)CN1CCN(Cc2cc(C)no2)CC1)C1CCS(=O)(=O)C1. The first-order valence-corrected chi connectivity index (χ1v) is 11.0. The Kier molecular flexibility index (Phi) is 5.99. The van der Waals surface area contributed by atoms with Crippen LogP contribution in [-0.4, -0.2) is 91.0 Å². The molecule has 8 nitrogen and oxygen atoms in total. The van der Waals surface area contributed by atoms with Gasteiger partial charge >= 0.3 is 0 Å². The second kappa shape index (κ2) is 8.06. The summed E-state index contributed by atoms with van der Waals surface area (Å²) in [5.74, 6) is 1.21. The minimum atomic E-state index is -2.98. The Balaban J connectivity index is 1.46. The Bertz CT molecular complexity index is 725. The molecule has 146 valence electrons. The molecule has 1 unspecified atom stereocenters. The zero-order valence-electron chi connectivity index (χ0n) is 15.6. The van der Waals surface area contributed by atoms with Crippen molar-refractivity contribution >= 4 is 15.7 Å². The molecular formula is C17H28N4O4S. The highest BCUT2D eigenvalue weighted by atomic mass is 32.2. The third-order valence-corrected chi connectivity index (χ3v) is 6.94. The number of carbonyl (C=O) groups is 1. The van der Waals surface area contributed by atoms with Crippen molar-refractivity contribution in [2.24, 2.45) is 0 Å². The van der Waals surface area contributed by atoms with Gasteiger partial charge in [0.2, 0.25) is 5.91 Å². The minimum absolute atomic E-state index is 0.0360. The Morgan fingerprint density at radius 1 is 1.31 bits per heavy atom. The minimum Gasteiger partial charge on any atom is -0.360 e. The fraction of sp³-hybridized carbons (Fsp3) is 0.765. The van der Waals surface area contributed by atoms with E-state index in [1.165, 1.54) is 0 Å². The third-order valence-electron chi connectivity index (χ3n) is 5.19. The fourth-order valence-electron chi connectivity index (χ4n) is 3.76. The van der Waals surface area contributed by atoms with E-state index >= 15 is 0 Å². The van der Waals surface area contributed by atoms with Crippen LogP contribution in [0.15, 0.2) is 10.6 Å². The first-order chi connectivity index (χ1) is 12.4. The maximum absolute atomic E-state index is 12.7. The molecule has 0 aliphatic carbocycles. The number of aryl methyl sites for hydroxylation is 1. The summed E-state index contributed by atoms with van der Waals surface area (Å²) in [7, 11) is -2.98. The van der Waals surface area contributed by atoms with E-state index in [0.717, 1.165) is 44.2 Å². The Labute approximate surface area is 155 Å². The average molecular weight is 385 g/mol. The zero-order chi connectivity index (χ0) is 18.7. The van der Waals surface area contributed by atoms with Gasteiger partial charge in [0, 0.05) is 44.8 Å². The smallest absolute Gasteiger partial charge is 0.237 e. The molecule has 2 saturated heterocycles. The van der Waals surface area contributed by atoms with Crippen molar-refractivity contribution < 1.29 is 17.7 Å². The van der Waals surface area contributed by atoms with Crippen molar-refractivity contribution in [3.05, 3.63) is 17.5 Å². The number of piperazine rings is 1. The van der Waals surface area contributed by atoms with Crippen molar-refractivity contribution in [1.82, 2.24) is 19.9 Å². The number of likely N-dealkylation sites (N-methyl/N-ethyl adjacent to an activating group) is 1. The lowest BCUT2D eigenvalue weighted by Crippen LogP contribution is -2.51. The van der Waals surface area contributed by atoms with Crippen LogP contribution in [0.4, 0.5) is 0 Å². The molecule has 1 aromatic rings. The standard InChI is InChI=1S/C17H28N4O4S/c1-3-21(15-4-9-26(23,24)13-15)17(22)12-20-7-5-19(6-8-20)11-16-10-14(2)18-25-16/h10,15H,3-9,11-13H2,1-2H3. The highest BCUT2D eigenvalue weighted by Crippen LogP contribution is 2.18. The largest absolute Gasteiger partial charge is 0.360 e. The average Bonchev–Trinajstić information content (AvgIpc) is 3.15. The van der Waals surface area contributed by atoms with Crippen molar-refractivity contribution in [2.45, 2.75) is 32.9 Å². The van der Waals surface area contributed by atoms with Gasteiger partial charge in [-0.1, -0.05) is 5.16 Å². The topological polar surface area (TPSA) is 87.0 Å². The van der Waals surface area contributed by atoms with Crippen LogP contribution in [0.25, 0.3) is 0 Å². The van der Waals surface area contributed by atoms with Crippen molar-refractivity contribution in [2.75, 3.05) is 50.8 Å². The molecule has 9 heteroatoms. The van der Waals surface area contributed by atoms with Gasteiger partial charge in [0.1, 0.15) is 0 Å². The van der Waals surface area contributed by atoms with Crippen molar-refractivity contribution in [3.63, 3.8) is 0 Å². The Hall–Kier alpha value is -1.45. The quantitative estimate of drug-likeness (QED) is 0.689. The number of carbonyl (C=O) groups excluding carboxylic acids is 1. The predicted molar refractivity (Wildman–Crippen MR) is 97.4 cm³/mol. The van der Waals surface area contributed by atoms with Crippen molar-refractivity contribution in [3.8, 4) is 0 Å². The summed E-state index contributed by atoms with van der Waals surface area (Å²) in [5.41, 5.74) is 0.887. The third kappa shape index (κ3) is 4.83. The maximum Gasteiger partial charge on any atom is 0.237 e. The van der Waals surface area contributed by atoms with Gasteiger partial charge in [0.25, 0.3) is 0 Å². The normalized spacial score (nSPS) is 24.0. The molecule has 26 heavy (non-hydrogen) atoms. The molecule has 1 amide bonds. The first kappa shape index (κ1) is 19.3. The number of nitrogens with zero attached hydrogens (tertiary/aromatic N) is 4. The second-order valence-corrected chi connectivity index (χ2v) is 9.45. The van der Waals surface area contributed by atoms with Crippen LogP contribution in [0.5, 0.6) is 0 Å². The first-order valence-electron chi connectivity index (χ1n) is 9.23.